The third kappa shape index (κ3) is 3.61. The number of nitrogens with two attached hydrogens (primary N) is 1. The van der Waals surface area contributed by atoms with Crippen LogP contribution in [0.3, 0.4) is 0 Å². The standard InChI is InChI=1S/C14H20N2O4S/c1-10-6-7-16(9-13(10)20-2)14(17)11-4-3-5-12(8-11)21(15,18)19/h3-5,8,10,13H,6-7,9H2,1-2H3,(H2,15,18,19). The highest BCUT2D eigenvalue weighted by Gasteiger charge is 2.29. The highest BCUT2D eigenvalue weighted by atomic mass is 32.2. The van der Waals surface area contributed by atoms with Gasteiger partial charge in [-0.15, -0.1) is 0 Å². The fraction of sp³-hybridized carbons (Fsp3) is 0.500. The number of rotatable bonds is 3. The Morgan fingerprint density at radius 1 is 1.43 bits per heavy atom. The first-order chi connectivity index (χ1) is 9.82. The average Bonchev–Trinajstić information content (AvgIpc) is 2.46. The predicted molar refractivity (Wildman–Crippen MR) is 78.3 cm³/mol. The Morgan fingerprint density at radius 2 is 2.14 bits per heavy atom. The maximum atomic E-state index is 12.5. The van der Waals surface area contributed by atoms with Gasteiger partial charge in [0.15, 0.2) is 0 Å². The molecule has 2 N–H and O–H groups in total. The number of hydrogen-bond donors (Lipinski definition) is 1. The minimum absolute atomic E-state index is 0.00382. The Hall–Kier alpha value is -1.44. The van der Waals surface area contributed by atoms with Gasteiger partial charge in [0.1, 0.15) is 0 Å². The van der Waals surface area contributed by atoms with Gasteiger partial charge < -0.3 is 9.64 Å². The first-order valence-electron chi connectivity index (χ1n) is 6.78. The Kier molecular flexibility index (Phi) is 4.65. The smallest absolute Gasteiger partial charge is 0.253 e. The predicted octanol–water partition coefficient (Wildman–Crippen LogP) is 0.831. The Balaban J connectivity index is 2.21. The van der Waals surface area contributed by atoms with Crippen molar-refractivity contribution in [3.05, 3.63) is 29.8 Å². The fourth-order valence-corrected chi connectivity index (χ4v) is 3.07. The summed E-state index contributed by atoms with van der Waals surface area (Å²) in [5.74, 6) is 0.198. The molecule has 0 saturated carbocycles. The quantitative estimate of drug-likeness (QED) is 0.895. The van der Waals surface area contributed by atoms with Crippen molar-refractivity contribution in [1.29, 1.82) is 0 Å². The van der Waals surface area contributed by atoms with Gasteiger partial charge in [-0.1, -0.05) is 13.0 Å². The van der Waals surface area contributed by atoms with E-state index in [1.165, 1.54) is 18.2 Å². The van der Waals surface area contributed by atoms with E-state index in [2.05, 4.69) is 6.92 Å². The number of amides is 1. The second-order valence-electron chi connectivity index (χ2n) is 5.36. The van der Waals surface area contributed by atoms with Crippen LogP contribution in [0, 0.1) is 5.92 Å². The molecule has 0 aromatic heterocycles. The molecule has 1 aliphatic rings. The van der Waals surface area contributed by atoms with Crippen LogP contribution in [0.1, 0.15) is 23.7 Å². The molecule has 2 unspecified atom stereocenters. The van der Waals surface area contributed by atoms with E-state index in [1.54, 1.807) is 18.1 Å². The van der Waals surface area contributed by atoms with E-state index in [4.69, 9.17) is 9.88 Å². The highest BCUT2D eigenvalue weighted by Crippen LogP contribution is 2.21. The Bertz CT molecular complexity index is 630. The van der Waals surface area contributed by atoms with Gasteiger partial charge in [-0.05, 0) is 30.5 Å². The van der Waals surface area contributed by atoms with Crippen LogP contribution in [0.5, 0.6) is 0 Å². The minimum atomic E-state index is -3.81. The van der Waals surface area contributed by atoms with E-state index in [0.717, 1.165) is 6.42 Å². The maximum Gasteiger partial charge on any atom is 0.253 e. The van der Waals surface area contributed by atoms with E-state index >= 15 is 0 Å². The van der Waals surface area contributed by atoms with Crippen LogP contribution in [-0.2, 0) is 14.8 Å². The number of benzene rings is 1. The van der Waals surface area contributed by atoms with Crippen molar-refractivity contribution in [3.63, 3.8) is 0 Å². The normalized spacial score (nSPS) is 23.1. The van der Waals surface area contributed by atoms with Crippen molar-refractivity contribution < 1.29 is 17.9 Å². The van der Waals surface area contributed by atoms with Crippen molar-refractivity contribution in [2.24, 2.45) is 11.1 Å². The van der Waals surface area contributed by atoms with Crippen LogP contribution < -0.4 is 5.14 Å². The molecule has 1 fully saturated rings. The number of methoxy groups -OCH3 is 1. The molecule has 1 saturated heterocycles. The van der Waals surface area contributed by atoms with Crippen LogP contribution in [-0.4, -0.2) is 45.5 Å². The summed E-state index contributed by atoms with van der Waals surface area (Å²) in [4.78, 5) is 14.1. The van der Waals surface area contributed by atoms with Crippen molar-refractivity contribution >= 4 is 15.9 Å². The first kappa shape index (κ1) is 15.9. The molecule has 21 heavy (non-hydrogen) atoms. The van der Waals surface area contributed by atoms with Gasteiger partial charge in [0, 0.05) is 25.8 Å². The molecule has 116 valence electrons. The lowest BCUT2D eigenvalue weighted by atomic mass is 9.95. The Morgan fingerprint density at radius 3 is 2.76 bits per heavy atom. The summed E-state index contributed by atoms with van der Waals surface area (Å²) in [6.07, 6.45) is 0.864. The van der Waals surface area contributed by atoms with Crippen LogP contribution in [0.2, 0.25) is 0 Å². The largest absolute Gasteiger partial charge is 0.379 e. The molecule has 1 amide bonds. The SMILES string of the molecule is COC1CN(C(=O)c2cccc(S(N)(=O)=O)c2)CCC1C. The van der Waals surface area contributed by atoms with Gasteiger partial charge in [-0.3, -0.25) is 4.79 Å². The average molecular weight is 312 g/mol. The number of piperidine rings is 1. The van der Waals surface area contributed by atoms with Crippen molar-refractivity contribution in [3.8, 4) is 0 Å². The highest BCUT2D eigenvalue weighted by molar-refractivity contribution is 7.89. The summed E-state index contributed by atoms with van der Waals surface area (Å²) in [7, 11) is -2.17. The van der Waals surface area contributed by atoms with Gasteiger partial charge >= 0.3 is 0 Å². The molecule has 6 nitrogen and oxygen atoms in total. The zero-order chi connectivity index (χ0) is 15.6. The van der Waals surface area contributed by atoms with E-state index in [0.29, 0.717) is 24.6 Å². The van der Waals surface area contributed by atoms with Crippen molar-refractivity contribution in [1.82, 2.24) is 4.90 Å². The molecular formula is C14H20N2O4S. The second kappa shape index (κ2) is 6.13. The number of carbonyl (C=O) groups is 1. The van der Waals surface area contributed by atoms with E-state index in [1.807, 2.05) is 0 Å². The first-order valence-corrected chi connectivity index (χ1v) is 8.32. The minimum Gasteiger partial charge on any atom is -0.379 e. The zero-order valence-corrected chi connectivity index (χ0v) is 13.0. The van der Waals surface area contributed by atoms with Gasteiger partial charge in [-0.25, -0.2) is 13.6 Å². The van der Waals surface area contributed by atoms with Crippen LogP contribution in [0.4, 0.5) is 0 Å². The number of hydrogen-bond acceptors (Lipinski definition) is 4. The van der Waals surface area contributed by atoms with Gasteiger partial charge in [0.2, 0.25) is 10.0 Å². The molecule has 1 aliphatic heterocycles. The summed E-state index contributed by atoms with van der Waals surface area (Å²) in [6.45, 7) is 3.24. The molecule has 1 aromatic carbocycles. The topological polar surface area (TPSA) is 89.7 Å². The van der Waals surface area contributed by atoms with Crippen molar-refractivity contribution in [2.75, 3.05) is 20.2 Å². The summed E-state index contributed by atoms with van der Waals surface area (Å²) in [6, 6.07) is 5.81. The lowest BCUT2D eigenvalue weighted by Crippen LogP contribution is -2.46. The molecule has 7 heteroatoms. The lowest BCUT2D eigenvalue weighted by molar-refractivity contribution is -0.00157. The van der Waals surface area contributed by atoms with E-state index < -0.39 is 10.0 Å². The summed E-state index contributed by atoms with van der Waals surface area (Å²) >= 11 is 0. The van der Waals surface area contributed by atoms with E-state index in [9.17, 15) is 13.2 Å². The fourth-order valence-electron chi connectivity index (χ4n) is 2.51. The molecule has 1 heterocycles. The molecule has 0 radical (unpaired) electrons. The summed E-state index contributed by atoms with van der Waals surface area (Å²) in [5, 5.41) is 5.09. The van der Waals surface area contributed by atoms with Gasteiger partial charge in [0.05, 0.1) is 11.0 Å². The van der Waals surface area contributed by atoms with Crippen LogP contribution in [0.15, 0.2) is 29.2 Å². The molecule has 0 spiro atoms. The molecule has 2 atom stereocenters. The maximum absolute atomic E-state index is 12.5. The molecule has 0 bridgehead atoms. The molecular weight excluding hydrogens is 292 g/mol. The molecule has 0 aliphatic carbocycles. The number of nitrogens with zero attached hydrogens (tertiary/aromatic N) is 1. The lowest BCUT2D eigenvalue weighted by Gasteiger charge is -2.36. The summed E-state index contributed by atoms with van der Waals surface area (Å²) < 4.78 is 28.1. The van der Waals surface area contributed by atoms with Crippen LogP contribution >= 0.6 is 0 Å². The monoisotopic (exact) mass is 312 g/mol. The van der Waals surface area contributed by atoms with Gasteiger partial charge in [-0.2, -0.15) is 0 Å². The second-order valence-corrected chi connectivity index (χ2v) is 6.93. The molecule has 1 aromatic rings. The van der Waals surface area contributed by atoms with Crippen molar-refractivity contribution in [2.45, 2.75) is 24.3 Å². The zero-order valence-electron chi connectivity index (χ0n) is 12.2. The number of primary sulfonamides is 1. The third-order valence-corrected chi connectivity index (χ3v) is 4.80. The van der Waals surface area contributed by atoms with E-state index in [-0.39, 0.29) is 16.9 Å². The van der Waals surface area contributed by atoms with Crippen LogP contribution in [0.25, 0.3) is 0 Å². The number of ether oxygens (including phenoxy) is 1. The number of carbonyl (C=O) groups excluding carboxylic acids is 1. The number of likely N-dealkylation sites (tertiary alicyclic amines) is 1. The number of sulfonamides is 1. The third-order valence-electron chi connectivity index (χ3n) is 3.89. The summed E-state index contributed by atoms with van der Waals surface area (Å²) in [5.41, 5.74) is 0.325. The molecule has 2 rings (SSSR count). The van der Waals surface area contributed by atoms with Gasteiger partial charge in [0.25, 0.3) is 5.91 Å². The Labute approximate surface area is 124 Å².